The number of benzene rings is 1. The molecule has 0 aromatic heterocycles. The van der Waals surface area contributed by atoms with E-state index in [0.717, 1.165) is 16.6 Å². The second-order valence-corrected chi connectivity index (χ2v) is 5.56. The highest BCUT2D eigenvalue weighted by molar-refractivity contribution is 9.10. The minimum Gasteiger partial charge on any atom is -0.508 e. The van der Waals surface area contributed by atoms with Crippen molar-refractivity contribution in [3.8, 4) is 5.75 Å². The zero-order valence-corrected chi connectivity index (χ0v) is 11.2. The van der Waals surface area contributed by atoms with Gasteiger partial charge < -0.3 is 15.5 Å². The Morgan fingerprint density at radius 3 is 2.69 bits per heavy atom. The molecule has 1 aromatic carbocycles. The highest BCUT2D eigenvalue weighted by atomic mass is 79.9. The third kappa shape index (κ3) is 4.12. The molecule has 3 nitrogen and oxygen atoms in total. The summed E-state index contributed by atoms with van der Waals surface area (Å²) in [4.78, 5) is 0. The van der Waals surface area contributed by atoms with Crippen LogP contribution in [0.2, 0.25) is 0 Å². The number of phenols is 1. The van der Waals surface area contributed by atoms with Gasteiger partial charge in [-0.25, -0.2) is 0 Å². The first-order valence-electron chi connectivity index (χ1n) is 5.23. The van der Waals surface area contributed by atoms with Gasteiger partial charge in [0.05, 0.1) is 0 Å². The van der Waals surface area contributed by atoms with Crippen LogP contribution in [0.15, 0.2) is 22.7 Å². The molecule has 0 spiro atoms. The Hall–Kier alpha value is -0.580. The predicted octanol–water partition coefficient (Wildman–Crippen LogP) is 2.26. The number of halogens is 1. The molecule has 0 amide bonds. The van der Waals surface area contributed by atoms with Crippen molar-refractivity contribution in [2.24, 2.45) is 5.41 Å². The van der Waals surface area contributed by atoms with E-state index in [1.165, 1.54) is 0 Å². The molecule has 0 aliphatic heterocycles. The molecule has 0 aliphatic carbocycles. The van der Waals surface area contributed by atoms with Crippen LogP contribution in [0.4, 0.5) is 0 Å². The van der Waals surface area contributed by atoms with Crippen LogP contribution in [0.5, 0.6) is 5.75 Å². The maximum absolute atomic E-state index is 9.35. The topological polar surface area (TPSA) is 52.5 Å². The van der Waals surface area contributed by atoms with Crippen LogP contribution in [0, 0.1) is 5.41 Å². The van der Waals surface area contributed by atoms with Gasteiger partial charge >= 0.3 is 0 Å². The minimum absolute atomic E-state index is 0.122. The fourth-order valence-electron chi connectivity index (χ4n) is 1.29. The fraction of sp³-hybridized carbons (Fsp3) is 0.500. The Morgan fingerprint density at radius 1 is 1.38 bits per heavy atom. The molecule has 90 valence electrons. The lowest BCUT2D eigenvalue weighted by molar-refractivity contribution is 0.156. The highest BCUT2D eigenvalue weighted by Gasteiger charge is 2.15. The number of aromatic hydroxyl groups is 1. The van der Waals surface area contributed by atoms with Gasteiger partial charge in [-0.2, -0.15) is 0 Å². The van der Waals surface area contributed by atoms with Crippen molar-refractivity contribution in [3.63, 3.8) is 0 Å². The Morgan fingerprint density at radius 2 is 2.06 bits per heavy atom. The van der Waals surface area contributed by atoms with E-state index >= 15 is 0 Å². The molecule has 4 heteroatoms. The Labute approximate surface area is 105 Å². The van der Waals surface area contributed by atoms with Crippen LogP contribution in [-0.2, 0) is 6.54 Å². The average molecular weight is 288 g/mol. The number of aliphatic hydroxyl groups excluding tert-OH is 1. The molecule has 1 rings (SSSR count). The largest absolute Gasteiger partial charge is 0.508 e. The predicted molar refractivity (Wildman–Crippen MR) is 68.4 cm³/mol. The third-order valence-corrected chi connectivity index (χ3v) is 3.15. The molecular weight excluding hydrogens is 270 g/mol. The molecule has 0 radical (unpaired) electrons. The van der Waals surface area contributed by atoms with E-state index in [-0.39, 0.29) is 17.8 Å². The van der Waals surface area contributed by atoms with Crippen molar-refractivity contribution in [2.75, 3.05) is 13.2 Å². The smallest absolute Gasteiger partial charge is 0.115 e. The van der Waals surface area contributed by atoms with Crippen molar-refractivity contribution in [2.45, 2.75) is 20.4 Å². The highest BCUT2D eigenvalue weighted by Crippen LogP contribution is 2.21. The first-order valence-corrected chi connectivity index (χ1v) is 6.03. The molecule has 0 saturated carbocycles. The normalized spacial score (nSPS) is 11.8. The van der Waals surface area contributed by atoms with Gasteiger partial charge in [0.1, 0.15) is 5.75 Å². The van der Waals surface area contributed by atoms with Gasteiger partial charge in [0, 0.05) is 29.6 Å². The summed E-state index contributed by atoms with van der Waals surface area (Å²) in [6, 6.07) is 5.19. The van der Waals surface area contributed by atoms with Crippen LogP contribution < -0.4 is 5.32 Å². The summed E-state index contributed by atoms with van der Waals surface area (Å²) in [5, 5.41) is 21.7. The van der Waals surface area contributed by atoms with E-state index in [2.05, 4.69) is 21.2 Å². The summed E-state index contributed by atoms with van der Waals surface area (Å²) in [5.74, 6) is 0.265. The van der Waals surface area contributed by atoms with E-state index in [9.17, 15) is 5.11 Å². The van der Waals surface area contributed by atoms with E-state index in [4.69, 9.17) is 5.11 Å². The lowest BCUT2D eigenvalue weighted by Gasteiger charge is -2.22. The number of rotatable bonds is 5. The molecule has 0 atom stereocenters. The van der Waals surface area contributed by atoms with Crippen LogP contribution >= 0.6 is 15.9 Å². The summed E-state index contributed by atoms with van der Waals surface area (Å²) in [5.41, 5.74) is 0.886. The Bertz CT molecular complexity index is 353. The second kappa shape index (κ2) is 5.66. The number of hydrogen-bond donors (Lipinski definition) is 3. The van der Waals surface area contributed by atoms with Gasteiger partial charge in [-0.1, -0.05) is 29.8 Å². The number of hydrogen-bond acceptors (Lipinski definition) is 3. The van der Waals surface area contributed by atoms with Gasteiger partial charge in [0.15, 0.2) is 0 Å². The van der Waals surface area contributed by atoms with Crippen LogP contribution in [0.1, 0.15) is 19.4 Å². The fourth-order valence-corrected chi connectivity index (χ4v) is 1.67. The standard InChI is InChI=1S/C12H18BrNO2/c1-12(2,8-15)7-14-6-9-5-10(16)3-4-11(9)13/h3-5,14-16H,6-8H2,1-2H3. The van der Waals surface area contributed by atoms with Gasteiger partial charge in [0.2, 0.25) is 0 Å². The zero-order chi connectivity index (χ0) is 12.2. The lowest BCUT2D eigenvalue weighted by atomic mass is 9.95. The van der Waals surface area contributed by atoms with Crippen LogP contribution in [-0.4, -0.2) is 23.4 Å². The molecule has 3 N–H and O–H groups in total. The SMILES string of the molecule is CC(C)(CO)CNCc1cc(O)ccc1Br. The quantitative estimate of drug-likeness (QED) is 0.779. The molecule has 16 heavy (non-hydrogen) atoms. The van der Waals surface area contributed by atoms with Gasteiger partial charge in [-0.05, 0) is 23.8 Å². The minimum atomic E-state index is -0.122. The van der Waals surface area contributed by atoms with E-state index in [1.807, 2.05) is 19.9 Å². The molecular formula is C12H18BrNO2. The van der Waals surface area contributed by atoms with Gasteiger partial charge in [0.25, 0.3) is 0 Å². The van der Waals surface area contributed by atoms with E-state index in [1.54, 1.807) is 12.1 Å². The van der Waals surface area contributed by atoms with Crippen LogP contribution in [0.25, 0.3) is 0 Å². The first kappa shape index (κ1) is 13.5. The number of phenolic OH excluding ortho intramolecular Hbond substituents is 1. The molecule has 0 aliphatic rings. The maximum Gasteiger partial charge on any atom is 0.115 e. The van der Waals surface area contributed by atoms with Gasteiger partial charge in [-0.15, -0.1) is 0 Å². The van der Waals surface area contributed by atoms with E-state index < -0.39 is 0 Å². The molecule has 0 fully saturated rings. The number of nitrogens with one attached hydrogen (secondary N) is 1. The van der Waals surface area contributed by atoms with E-state index in [0.29, 0.717) is 6.54 Å². The molecule has 0 unspecified atom stereocenters. The summed E-state index contributed by atoms with van der Waals surface area (Å²) in [6.07, 6.45) is 0. The molecule has 1 aromatic rings. The van der Waals surface area contributed by atoms with Crippen molar-refractivity contribution in [3.05, 3.63) is 28.2 Å². The summed E-state index contributed by atoms with van der Waals surface area (Å²) < 4.78 is 0.972. The molecule has 0 saturated heterocycles. The Balaban J connectivity index is 2.52. The first-order chi connectivity index (χ1) is 7.44. The van der Waals surface area contributed by atoms with Crippen molar-refractivity contribution >= 4 is 15.9 Å². The summed E-state index contributed by atoms with van der Waals surface area (Å²) >= 11 is 3.43. The molecule has 0 bridgehead atoms. The number of aliphatic hydroxyl groups is 1. The van der Waals surface area contributed by atoms with Crippen molar-refractivity contribution < 1.29 is 10.2 Å². The van der Waals surface area contributed by atoms with Crippen molar-refractivity contribution in [1.82, 2.24) is 5.32 Å². The zero-order valence-electron chi connectivity index (χ0n) is 9.63. The van der Waals surface area contributed by atoms with Gasteiger partial charge in [-0.3, -0.25) is 0 Å². The third-order valence-electron chi connectivity index (χ3n) is 2.38. The summed E-state index contributed by atoms with van der Waals surface area (Å²) in [7, 11) is 0. The lowest BCUT2D eigenvalue weighted by Crippen LogP contribution is -2.31. The monoisotopic (exact) mass is 287 g/mol. The Kier molecular flexibility index (Phi) is 4.77. The van der Waals surface area contributed by atoms with Crippen LogP contribution in [0.3, 0.4) is 0 Å². The maximum atomic E-state index is 9.35. The summed E-state index contributed by atoms with van der Waals surface area (Å²) in [6.45, 7) is 5.54. The average Bonchev–Trinajstić information content (AvgIpc) is 2.23. The second-order valence-electron chi connectivity index (χ2n) is 4.70. The molecule has 0 heterocycles. The van der Waals surface area contributed by atoms with Crippen molar-refractivity contribution in [1.29, 1.82) is 0 Å².